The van der Waals surface area contributed by atoms with E-state index in [2.05, 4.69) is 11.9 Å². The molecular formula is C19H25F3N2O5. The summed E-state index contributed by atoms with van der Waals surface area (Å²) in [7, 11) is 3.76. The second-order valence-electron chi connectivity index (χ2n) is 7.06. The first-order chi connectivity index (χ1) is 13.6. The van der Waals surface area contributed by atoms with E-state index in [9.17, 15) is 18.0 Å². The highest BCUT2D eigenvalue weighted by atomic mass is 19.4. The lowest BCUT2D eigenvalue weighted by Crippen LogP contribution is -2.33. The van der Waals surface area contributed by atoms with Crippen molar-refractivity contribution in [1.29, 1.82) is 0 Å². The molecule has 1 amide bonds. The molecule has 2 saturated heterocycles. The average Bonchev–Trinajstić information content (AvgIpc) is 2.96. The fourth-order valence-corrected chi connectivity index (χ4v) is 3.33. The number of hydrogen-bond acceptors (Lipinski definition) is 5. The van der Waals surface area contributed by atoms with Gasteiger partial charge >= 0.3 is 12.1 Å². The fraction of sp³-hybridized carbons (Fsp3) is 0.579. The summed E-state index contributed by atoms with van der Waals surface area (Å²) in [5.74, 6) is -1.36. The highest BCUT2D eigenvalue weighted by molar-refractivity contribution is 5.79. The number of fused-ring (bicyclic) bond motifs is 1. The minimum Gasteiger partial charge on any atom is -0.497 e. The normalized spacial score (nSPS) is 22.2. The van der Waals surface area contributed by atoms with Gasteiger partial charge in [-0.25, -0.2) is 4.79 Å². The Morgan fingerprint density at radius 3 is 2.59 bits per heavy atom. The molecule has 2 atom stereocenters. The summed E-state index contributed by atoms with van der Waals surface area (Å²) in [5, 5.41) is 7.12. The minimum absolute atomic E-state index is 0.174. The van der Waals surface area contributed by atoms with Crippen molar-refractivity contribution in [3.8, 4) is 5.75 Å². The third kappa shape index (κ3) is 6.90. The van der Waals surface area contributed by atoms with Crippen molar-refractivity contribution in [1.82, 2.24) is 9.80 Å². The molecule has 0 bridgehead atoms. The van der Waals surface area contributed by atoms with Gasteiger partial charge in [0.1, 0.15) is 5.75 Å². The second-order valence-corrected chi connectivity index (χ2v) is 7.06. The van der Waals surface area contributed by atoms with E-state index >= 15 is 0 Å². The Kier molecular flexibility index (Phi) is 7.86. The van der Waals surface area contributed by atoms with Crippen LogP contribution in [-0.4, -0.2) is 86.0 Å². The molecule has 3 rings (SSSR count). The Bertz CT molecular complexity index is 713. The van der Waals surface area contributed by atoms with E-state index in [1.54, 1.807) is 7.11 Å². The number of hydrogen-bond donors (Lipinski definition) is 1. The van der Waals surface area contributed by atoms with Crippen molar-refractivity contribution in [2.75, 3.05) is 46.9 Å². The number of carbonyl (C=O) groups is 2. The standard InChI is InChI=1S/C17H24N2O3.C2HF3O2/c1-18-6-7-22-16-12-19(11-14(16)10-18)17(20)9-13-4-3-5-15(8-13)21-2;3-2(4,5)1(6)7/h3-5,8,14,16H,6-7,9-12H2,1-2H3;(H,6,7)/t14-,16+;/m0./s1. The van der Waals surface area contributed by atoms with Crippen molar-refractivity contribution in [3.63, 3.8) is 0 Å². The van der Waals surface area contributed by atoms with Gasteiger partial charge in [-0.15, -0.1) is 0 Å². The van der Waals surface area contributed by atoms with Crippen molar-refractivity contribution in [2.24, 2.45) is 5.92 Å². The van der Waals surface area contributed by atoms with Crippen LogP contribution in [0.25, 0.3) is 0 Å². The number of aliphatic carboxylic acids is 1. The average molecular weight is 418 g/mol. The maximum absolute atomic E-state index is 12.5. The molecule has 162 valence electrons. The Morgan fingerprint density at radius 1 is 1.28 bits per heavy atom. The molecular weight excluding hydrogens is 393 g/mol. The first-order valence-corrected chi connectivity index (χ1v) is 9.11. The lowest BCUT2D eigenvalue weighted by molar-refractivity contribution is -0.192. The van der Waals surface area contributed by atoms with E-state index in [0.717, 1.165) is 44.1 Å². The number of rotatable bonds is 3. The van der Waals surface area contributed by atoms with Gasteiger partial charge in [0.15, 0.2) is 0 Å². The Hall–Kier alpha value is -2.33. The Labute approximate surface area is 167 Å². The van der Waals surface area contributed by atoms with Gasteiger partial charge in [0.2, 0.25) is 5.91 Å². The molecule has 0 spiro atoms. The van der Waals surface area contributed by atoms with Gasteiger partial charge in [0.05, 0.1) is 26.2 Å². The molecule has 10 heteroatoms. The van der Waals surface area contributed by atoms with Crippen molar-refractivity contribution in [2.45, 2.75) is 18.7 Å². The van der Waals surface area contributed by atoms with Crippen LogP contribution in [0, 0.1) is 5.92 Å². The van der Waals surface area contributed by atoms with Gasteiger partial charge in [0.25, 0.3) is 0 Å². The topological polar surface area (TPSA) is 79.3 Å². The summed E-state index contributed by atoms with van der Waals surface area (Å²) >= 11 is 0. The van der Waals surface area contributed by atoms with Crippen LogP contribution in [0.15, 0.2) is 24.3 Å². The molecule has 0 aromatic heterocycles. The zero-order valence-electron chi connectivity index (χ0n) is 16.3. The van der Waals surface area contributed by atoms with Gasteiger partial charge in [-0.2, -0.15) is 13.2 Å². The van der Waals surface area contributed by atoms with Crippen LogP contribution in [0.3, 0.4) is 0 Å². The molecule has 1 aromatic carbocycles. The summed E-state index contributed by atoms with van der Waals surface area (Å²) in [5.41, 5.74) is 0.995. The quantitative estimate of drug-likeness (QED) is 0.805. The van der Waals surface area contributed by atoms with Gasteiger partial charge in [-0.3, -0.25) is 4.79 Å². The summed E-state index contributed by atoms with van der Waals surface area (Å²) in [6.45, 7) is 4.27. The number of benzene rings is 1. The van der Waals surface area contributed by atoms with Crippen LogP contribution in [0.5, 0.6) is 5.75 Å². The van der Waals surface area contributed by atoms with Gasteiger partial charge in [-0.05, 0) is 24.7 Å². The van der Waals surface area contributed by atoms with Crippen molar-refractivity contribution < 1.29 is 37.3 Å². The number of nitrogens with zero attached hydrogens (tertiary/aromatic N) is 2. The second kappa shape index (κ2) is 9.93. The van der Waals surface area contributed by atoms with Crippen molar-refractivity contribution >= 4 is 11.9 Å². The van der Waals surface area contributed by atoms with Gasteiger partial charge in [0, 0.05) is 32.1 Å². The number of carbonyl (C=O) groups excluding carboxylic acids is 1. The van der Waals surface area contributed by atoms with Crippen LogP contribution in [0.1, 0.15) is 5.56 Å². The van der Waals surface area contributed by atoms with Crippen LogP contribution in [0.4, 0.5) is 13.2 Å². The molecule has 0 aliphatic carbocycles. The first-order valence-electron chi connectivity index (χ1n) is 9.11. The van der Waals surface area contributed by atoms with E-state index in [4.69, 9.17) is 19.4 Å². The van der Waals surface area contributed by atoms with E-state index < -0.39 is 12.1 Å². The van der Waals surface area contributed by atoms with E-state index in [0.29, 0.717) is 12.3 Å². The third-order valence-electron chi connectivity index (χ3n) is 4.82. The number of halogens is 3. The lowest BCUT2D eigenvalue weighted by atomic mass is 10.1. The zero-order chi connectivity index (χ0) is 21.6. The predicted molar refractivity (Wildman–Crippen MR) is 97.7 cm³/mol. The maximum Gasteiger partial charge on any atom is 0.490 e. The van der Waals surface area contributed by atoms with Crippen molar-refractivity contribution in [3.05, 3.63) is 29.8 Å². The molecule has 2 heterocycles. The van der Waals surface area contributed by atoms with Gasteiger partial charge in [-0.1, -0.05) is 12.1 Å². The zero-order valence-corrected chi connectivity index (χ0v) is 16.3. The van der Waals surface area contributed by atoms with Crippen LogP contribution >= 0.6 is 0 Å². The minimum atomic E-state index is -5.08. The van der Waals surface area contributed by atoms with Crippen LogP contribution in [-0.2, 0) is 20.7 Å². The largest absolute Gasteiger partial charge is 0.497 e. The number of carboxylic acid groups (broad SMARTS) is 1. The van der Waals surface area contributed by atoms with E-state index in [-0.39, 0.29) is 12.0 Å². The number of likely N-dealkylation sites (tertiary alicyclic amines) is 1. The monoisotopic (exact) mass is 418 g/mol. The highest BCUT2D eigenvalue weighted by Gasteiger charge is 2.38. The molecule has 2 aliphatic rings. The predicted octanol–water partition coefficient (Wildman–Crippen LogP) is 1.66. The Balaban J connectivity index is 0.000000370. The number of likely N-dealkylation sites (N-methyl/N-ethyl adjacent to an activating group) is 1. The number of ether oxygens (including phenoxy) is 2. The summed E-state index contributed by atoms with van der Waals surface area (Å²) in [6, 6.07) is 7.72. The Morgan fingerprint density at radius 2 is 1.97 bits per heavy atom. The lowest BCUT2D eigenvalue weighted by Gasteiger charge is -2.19. The molecule has 0 unspecified atom stereocenters. The van der Waals surface area contributed by atoms with E-state index in [1.165, 1.54) is 0 Å². The summed E-state index contributed by atoms with van der Waals surface area (Å²) in [4.78, 5) is 25.7. The number of methoxy groups -OCH3 is 1. The summed E-state index contributed by atoms with van der Waals surface area (Å²) < 4.78 is 42.9. The number of amides is 1. The number of carboxylic acids is 1. The van der Waals surface area contributed by atoms with E-state index in [1.807, 2.05) is 29.2 Å². The molecule has 7 nitrogen and oxygen atoms in total. The fourth-order valence-electron chi connectivity index (χ4n) is 3.33. The smallest absolute Gasteiger partial charge is 0.490 e. The van der Waals surface area contributed by atoms with Crippen LogP contribution in [0.2, 0.25) is 0 Å². The third-order valence-corrected chi connectivity index (χ3v) is 4.82. The molecule has 2 fully saturated rings. The molecule has 0 radical (unpaired) electrons. The molecule has 29 heavy (non-hydrogen) atoms. The molecule has 1 N–H and O–H groups in total. The molecule has 1 aromatic rings. The SMILES string of the molecule is COc1cccc(CC(=O)N2C[C@@H]3CN(C)CCO[C@@H]3C2)c1.O=C(O)C(F)(F)F. The van der Waals surface area contributed by atoms with Gasteiger partial charge < -0.3 is 24.4 Å². The maximum atomic E-state index is 12.5. The van der Waals surface area contributed by atoms with Crippen LogP contribution < -0.4 is 4.74 Å². The highest BCUT2D eigenvalue weighted by Crippen LogP contribution is 2.24. The first kappa shape index (κ1) is 23.0. The summed E-state index contributed by atoms with van der Waals surface area (Å²) in [6.07, 6.45) is -4.47. The molecule has 2 aliphatic heterocycles. The molecule has 0 saturated carbocycles. The number of alkyl halides is 3.